The maximum atomic E-state index is 5.35. The Morgan fingerprint density at radius 2 is 1.60 bits per heavy atom. The van der Waals surface area contributed by atoms with Crippen LogP contribution >= 0.6 is 0 Å². The highest BCUT2D eigenvalue weighted by Crippen LogP contribution is 2.27. The molecule has 1 heteroatoms. The van der Waals surface area contributed by atoms with Crippen molar-refractivity contribution in [3.05, 3.63) is 41.0 Å². The van der Waals surface area contributed by atoms with E-state index in [0.29, 0.717) is 0 Å². The van der Waals surface area contributed by atoms with Crippen molar-refractivity contribution in [1.82, 2.24) is 0 Å². The molecule has 1 rings (SSSR count). The first-order chi connectivity index (χ1) is 7.24. The van der Waals surface area contributed by atoms with Crippen molar-refractivity contribution in [3.8, 4) is 5.75 Å². The standard InChI is InChI=1S/C14H18O/c1-5-7-12-11(3)9-10-14(15-4)13(12)8-6-2/h5-10H,1-4H3. The summed E-state index contributed by atoms with van der Waals surface area (Å²) in [6.07, 6.45) is 8.29. The topological polar surface area (TPSA) is 9.23 Å². The Kier molecular flexibility index (Phi) is 4.17. The van der Waals surface area contributed by atoms with Crippen molar-refractivity contribution >= 4 is 12.2 Å². The fourth-order valence-corrected chi connectivity index (χ4v) is 1.63. The summed E-state index contributed by atoms with van der Waals surface area (Å²) in [5.74, 6) is 0.923. The van der Waals surface area contributed by atoms with E-state index < -0.39 is 0 Å². The molecule has 15 heavy (non-hydrogen) atoms. The molecule has 1 aromatic carbocycles. The van der Waals surface area contributed by atoms with Gasteiger partial charge in [0, 0.05) is 5.56 Å². The number of hydrogen-bond acceptors (Lipinski definition) is 1. The first-order valence-corrected chi connectivity index (χ1v) is 5.17. The van der Waals surface area contributed by atoms with Crippen LogP contribution in [0, 0.1) is 6.92 Å². The highest BCUT2D eigenvalue weighted by molar-refractivity contribution is 5.72. The van der Waals surface area contributed by atoms with E-state index in [0.717, 1.165) is 11.3 Å². The van der Waals surface area contributed by atoms with E-state index in [4.69, 9.17) is 4.74 Å². The molecule has 0 heterocycles. The van der Waals surface area contributed by atoms with E-state index >= 15 is 0 Å². The summed E-state index contributed by atoms with van der Waals surface area (Å²) in [6, 6.07) is 4.10. The molecule has 0 aliphatic heterocycles. The second-order valence-electron chi connectivity index (χ2n) is 3.41. The minimum Gasteiger partial charge on any atom is -0.496 e. The third-order valence-corrected chi connectivity index (χ3v) is 2.35. The minimum atomic E-state index is 0.923. The lowest BCUT2D eigenvalue weighted by molar-refractivity contribution is 0.413. The molecule has 0 bridgehead atoms. The number of hydrogen-bond donors (Lipinski definition) is 0. The number of methoxy groups -OCH3 is 1. The van der Waals surface area contributed by atoms with Gasteiger partial charge in [0.1, 0.15) is 5.75 Å². The predicted octanol–water partition coefficient (Wildman–Crippen LogP) is 4.07. The van der Waals surface area contributed by atoms with Gasteiger partial charge in [-0.05, 0) is 38.0 Å². The molecule has 0 radical (unpaired) electrons. The maximum Gasteiger partial charge on any atom is 0.126 e. The lowest BCUT2D eigenvalue weighted by Crippen LogP contribution is -1.92. The Hall–Kier alpha value is -1.50. The normalized spacial score (nSPS) is 11.5. The molecular weight excluding hydrogens is 184 g/mol. The van der Waals surface area contributed by atoms with Gasteiger partial charge in [0.2, 0.25) is 0 Å². The van der Waals surface area contributed by atoms with E-state index in [2.05, 4.69) is 31.2 Å². The van der Waals surface area contributed by atoms with Crippen LogP contribution in [-0.2, 0) is 0 Å². The van der Waals surface area contributed by atoms with Gasteiger partial charge in [0.15, 0.2) is 0 Å². The van der Waals surface area contributed by atoms with E-state index in [-0.39, 0.29) is 0 Å². The zero-order valence-corrected chi connectivity index (χ0v) is 9.87. The van der Waals surface area contributed by atoms with Crippen LogP contribution in [0.3, 0.4) is 0 Å². The number of ether oxygens (including phenoxy) is 1. The average molecular weight is 202 g/mol. The molecule has 0 spiro atoms. The molecule has 1 nitrogen and oxygen atoms in total. The summed E-state index contributed by atoms with van der Waals surface area (Å²) in [7, 11) is 1.71. The monoisotopic (exact) mass is 202 g/mol. The molecule has 0 aliphatic carbocycles. The highest BCUT2D eigenvalue weighted by atomic mass is 16.5. The van der Waals surface area contributed by atoms with E-state index in [1.807, 2.05) is 26.0 Å². The van der Waals surface area contributed by atoms with Gasteiger partial charge in [-0.1, -0.05) is 30.4 Å². The molecule has 0 aliphatic rings. The van der Waals surface area contributed by atoms with Crippen molar-refractivity contribution < 1.29 is 4.74 Å². The Morgan fingerprint density at radius 3 is 2.13 bits per heavy atom. The molecule has 80 valence electrons. The number of aryl methyl sites for hydroxylation is 1. The highest BCUT2D eigenvalue weighted by Gasteiger charge is 2.06. The lowest BCUT2D eigenvalue weighted by atomic mass is 10.00. The van der Waals surface area contributed by atoms with Gasteiger partial charge in [-0.25, -0.2) is 0 Å². The third kappa shape index (κ3) is 2.50. The summed E-state index contributed by atoms with van der Waals surface area (Å²) in [6.45, 7) is 6.15. The van der Waals surface area contributed by atoms with E-state index in [9.17, 15) is 0 Å². The zero-order chi connectivity index (χ0) is 11.3. The summed E-state index contributed by atoms with van der Waals surface area (Å²) in [5, 5.41) is 0. The Morgan fingerprint density at radius 1 is 1.00 bits per heavy atom. The lowest BCUT2D eigenvalue weighted by Gasteiger charge is -2.11. The van der Waals surface area contributed by atoms with E-state index in [1.165, 1.54) is 11.1 Å². The van der Waals surface area contributed by atoms with E-state index in [1.54, 1.807) is 7.11 Å². The largest absolute Gasteiger partial charge is 0.496 e. The number of benzene rings is 1. The summed E-state index contributed by atoms with van der Waals surface area (Å²) >= 11 is 0. The molecule has 0 N–H and O–H groups in total. The van der Waals surface area contributed by atoms with Crippen molar-refractivity contribution in [2.45, 2.75) is 20.8 Å². The average Bonchev–Trinajstić information content (AvgIpc) is 2.24. The molecule has 0 saturated carbocycles. The first-order valence-electron chi connectivity index (χ1n) is 5.17. The van der Waals surface area contributed by atoms with Gasteiger partial charge >= 0.3 is 0 Å². The van der Waals surface area contributed by atoms with Gasteiger partial charge in [-0.15, -0.1) is 0 Å². The molecule has 0 atom stereocenters. The summed E-state index contributed by atoms with van der Waals surface area (Å²) < 4.78 is 5.35. The van der Waals surface area contributed by atoms with Crippen LogP contribution in [0.4, 0.5) is 0 Å². The summed E-state index contributed by atoms with van der Waals surface area (Å²) in [5.41, 5.74) is 3.65. The van der Waals surface area contributed by atoms with Crippen LogP contribution in [0.1, 0.15) is 30.5 Å². The first kappa shape index (κ1) is 11.6. The third-order valence-electron chi connectivity index (χ3n) is 2.35. The van der Waals surface area contributed by atoms with Crippen LogP contribution in [0.25, 0.3) is 12.2 Å². The number of allylic oxidation sites excluding steroid dienone is 2. The van der Waals surface area contributed by atoms with Gasteiger partial charge in [-0.2, -0.15) is 0 Å². The van der Waals surface area contributed by atoms with Gasteiger partial charge in [0.05, 0.1) is 7.11 Å². The zero-order valence-electron chi connectivity index (χ0n) is 9.87. The van der Waals surface area contributed by atoms with Crippen molar-refractivity contribution in [1.29, 1.82) is 0 Å². The van der Waals surface area contributed by atoms with Gasteiger partial charge in [0.25, 0.3) is 0 Å². The minimum absolute atomic E-state index is 0.923. The molecule has 1 aromatic rings. The van der Waals surface area contributed by atoms with Gasteiger partial charge < -0.3 is 4.74 Å². The Balaban J connectivity index is 3.43. The molecule has 0 unspecified atom stereocenters. The quantitative estimate of drug-likeness (QED) is 0.718. The fourth-order valence-electron chi connectivity index (χ4n) is 1.63. The molecule has 0 aromatic heterocycles. The van der Waals surface area contributed by atoms with Gasteiger partial charge in [-0.3, -0.25) is 0 Å². The second kappa shape index (κ2) is 5.40. The second-order valence-corrected chi connectivity index (χ2v) is 3.41. The Bertz CT molecular complexity index is 387. The Labute approximate surface area is 92.1 Å². The van der Waals surface area contributed by atoms with Crippen molar-refractivity contribution in [2.75, 3.05) is 7.11 Å². The van der Waals surface area contributed by atoms with Crippen molar-refractivity contribution in [2.24, 2.45) is 0 Å². The smallest absolute Gasteiger partial charge is 0.126 e. The SMILES string of the molecule is CC=Cc1c(C)ccc(OC)c1C=CC. The molecule has 0 fully saturated rings. The fraction of sp³-hybridized carbons (Fsp3) is 0.286. The number of rotatable bonds is 3. The van der Waals surface area contributed by atoms with Crippen LogP contribution in [0.15, 0.2) is 24.3 Å². The van der Waals surface area contributed by atoms with Crippen molar-refractivity contribution in [3.63, 3.8) is 0 Å². The molecular formula is C14H18O. The molecule has 0 saturated heterocycles. The van der Waals surface area contributed by atoms with Crippen LogP contribution < -0.4 is 4.74 Å². The maximum absolute atomic E-state index is 5.35. The molecule has 0 amide bonds. The predicted molar refractivity (Wildman–Crippen MR) is 67.1 cm³/mol. The van der Waals surface area contributed by atoms with Crippen LogP contribution in [-0.4, -0.2) is 7.11 Å². The van der Waals surface area contributed by atoms with Crippen LogP contribution in [0.5, 0.6) is 5.75 Å². The summed E-state index contributed by atoms with van der Waals surface area (Å²) in [4.78, 5) is 0. The van der Waals surface area contributed by atoms with Crippen LogP contribution in [0.2, 0.25) is 0 Å².